The molecule has 0 aromatic carbocycles. The van der Waals surface area contributed by atoms with Crippen LogP contribution >= 0.6 is 0 Å². The molecule has 62 heavy (non-hydrogen) atoms. The number of hydrogen-bond acceptors (Lipinski definition) is 3. The highest BCUT2D eigenvalue weighted by molar-refractivity contribution is 5.76. The molecule has 1 amide bonds. The highest BCUT2D eigenvalue weighted by atomic mass is 16.3. The van der Waals surface area contributed by atoms with Crippen LogP contribution in [0.25, 0.3) is 0 Å². The van der Waals surface area contributed by atoms with Crippen LogP contribution in [0.15, 0.2) is 24.3 Å². The molecule has 0 fully saturated rings. The smallest absolute Gasteiger partial charge is 0.220 e. The number of carbonyl (C=O) groups is 1. The minimum Gasteiger partial charge on any atom is -0.394 e. The lowest BCUT2D eigenvalue weighted by Gasteiger charge is -2.20. The van der Waals surface area contributed by atoms with Crippen LogP contribution in [-0.2, 0) is 4.79 Å². The van der Waals surface area contributed by atoms with Gasteiger partial charge in [0.25, 0.3) is 0 Å². The van der Waals surface area contributed by atoms with E-state index >= 15 is 0 Å². The summed E-state index contributed by atoms with van der Waals surface area (Å²) in [7, 11) is 0. The molecule has 3 N–H and O–H groups in total. The summed E-state index contributed by atoms with van der Waals surface area (Å²) in [6.07, 6.45) is 72.1. The molecule has 0 saturated heterocycles. The number of aliphatic hydroxyl groups is 2. The van der Waals surface area contributed by atoms with Crippen LogP contribution in [0.3, 0.4) is 0 Å². The SMILES string of the molecule is CCCCCCCCCC/C=C\CCCCCCCCCCCCCCCCCCCCCCCCCC(=O)NC(CO)C(O)/C=C/CCCCCCCCCCCCCCC. The number of nitrogens with one attached hydrogen (secondary N) is 1. The van der Waals surface area contributed by atoms with E-state index in [4.69, 9.17) is 0 Å². The quantitative estimate of drug-likeness (QED) is 0.0421. The molecule has 0 bridgehead atoms. The molecule has 0 saturated carbocycles. The summed E-state index contributed by atoms with van der Waals surface area (Å²) in [5, 5.41) is 23.1. The van der Waals surface area contributed by atoms with E-state index in [-0.39, 0.29) is 12.5 Å². The number of amides is 1. The average molecular weight is 873 g/mol. The first-order chi connectivity index (χ1) is 30.7. The Bertz CT molecular complexity index is 901. The van der Waals surface area contributed by atoms with Crippen molar-refractivity contribution in [2.75, 3.05) is 6.61 Å². The molecule has 0 aliphatic rings. The van der Waals surface area contributed by atoms with Crippen LogP contribution < -0.4 is 5.32 Å². The van der Waals surface area contributed by atoms with Gasteiger partial charge in [-0.2, -0.15) is 0 Å². The number of allylic oxidation sites excluding steroid dienone is 3. The molecule has 0 rings (SSSR count). The highest BCUT2D eigenvalue weighted by Crippen LogP contribution is 2.17. The predicted octanol–water partition coefficient (Wildman–Crippen LogP) is 18.7. The summed E-state index contributed by atoms with van der Waals surface area (Å²) in [5.74, 6) is -0.0578. The lowest BCUT2D eigenvalue weighted by Crippen LogP contribution is -2.45. The maximum atomic E-state index is 12.4. The third kappa shape index (κ3) is 49.9. The van der Waals surface area contributed by atoms with E-state index in [1.807, 2.05) is 6.08 Å². The molecular weight excluding hydrogens is 759 g/mol. The maximum Gasteiger partial charge on any atom is 0.220 e. The van der Waals surface area contributed by atoms with Gasteiger partial charge in [0.1, 0.15) is 0 Å². The second kappa shape index (κ2) is 54.2. The normalized spacial score (nSPS) is 12.9. The monoisotopic (exact) mass is 872 g/mol. The first-order valence-electron chi connectivity index (χ1n) is 28.6. The Morgan fingerprint density at radius 1 is 0.371 bits per heavy atom. The van der Waals surface area contributed by atoms with Crippen molar-refractivity contribution in [2.45, 2.75) is 334 Å². The summed E-state index contributed by atoms with van der Waals surface area (Å²) in [5.41, 5.74) is 0. The lowest BCUT2D eigenvalue weighted by molar-refractivity contribution is -0.123. The summed E-state index contributed by atoms with van der Waals surface area (Å²) < 4.78 is 0. The van der Waals surface area contributed by atoms with Crippen molar-refractivity contribution in [3.63, 3.8) is 0 Å². The van der Waals surface area contributed by atoms with E-state index in [1.54, 1.807) is 6.08 Å². The van der Waals surface area contributed by atoms with Crippen LogP contribution in [-0.4, -0.2) is 34.9 Å². The van der Waals surface area contributed by atoms with Gasteiger partial charge in [-0.05, 0) is 44.9 Å². The highest BCUT2D eigenvalue weighted by Gasteiger charge is 2.18. The molecule has 0 aromatic heterocycles. The molecule has 368 valence electrons. The zero-order chi connectivity index (χ0) is 44.9. The lowest BCUT2D eigenvalue weighted by atomic mass is 10.0. The Morgan fingerprint density at radius 2 is 0.613 bits per heavy atom. The summed E-state index contributed by atoms with van der Waals surface area (Å²) in [6, 6.07) is -0.618. The summed E-state index contributed by atoms with van der Waals surface area (Å²) in [4.78, 5) is 12.4. The van der Waals surface area contributed by atoms with Crippen molar-refractivity contribution < 1.29 is 15.0 Å². The molecule has 2 atom stereocenters. The first-order valence-corrected chi connectivity index (χ1v) is 28.6. The molecule has 4 heteroatoms. The molecule has 0 aliphatic heterocycles. The molecule has 0 aliphatic carbocycles. The van der Waals surface area contributed by atoms with Gasteiger partial charge >= 0.3 is 0 Å². The minimum atomic E-state index is -0.835. The molecule has 0 heterocycles. The molecule has 0 radical (unpaired) electrons. The molecule has 0 aromatic rings. The van der Waals surface area contributed by atoms with Gasteiger partial charge in [0.2, 0.25) is 5.91 Å². The van der Waals surface area contributed by atoms with Crippen LogP contribution in [0.5, 0.6) is 0 Å². The number of rotatable bonds is 53. The van der Waals surface area contributed by atoms with Gasteiger partial charge in [-0.25, -0.2) is 0 Å². The fourth-order valence-electron chi connectivity index (χ4n) is 9.06. The van der Waals surface area contributed by atoms with Gasteiger partial charge in [0.05, 0.1) is 18.8 Å². The molecular formula is C58H113NO3. The summed E-state index contributed by atoms with van der Waals surface area (Å²) >= 11 is 0. The number of hydrogen-bond donors (Lipinski definition) is 3. The van der Waals surface area contributed by atoms with E-state index in [2.05, 4.69) is 31.3 Å². The fourth-order valence-corrected chi connectivity index (χ4v) is 9.06. The topological polar surface area (TPSA) is 69.6 Å². The zero-order valence-electron chi connectivity index (χ0n) is 42.4. The van der Waals surface area contributed by atoms with Crippen LogP contribution in [0.1, 0.15) is 322 Å². The number of carbonyl (C=O) groups excluding carboxylic acids is 1. The Morgan fingerprint density at radius 3 is 0.887 bits per heavy atom. The second-order valence-corrected chi connectivity index (χ2v) is 19.7. The standard InChI is InChI=1S/C58H113NO3/c1-3-5-7-9-11-13-15-17-19-20-21-22-23-24-25-26-27-28-29-30-31-32-33-34-35-36-37-38-40-42-44-46-48-50-52-54-58(62)59-56(55-60)57(61)53-51-49-47-45-43-41-39-18-16-14-12-10-8-6-4-2/h20-21,51,53,56-57,60-61H,3-19,22-50,52,54-55H2,1-2H3,(H,59,62)/b21-20-,53-51+. The van der Waals surface area contributed by atoms with E-state index in [0.29, 0.717) is 6.42 Å². The Labute approximate surface area is 389 Å². The van der Waals surface area contributed by atoms with Gasteiger partial charge in [-0.3, -0.25) is 4.79 Å². The maximum absolute atomic E-state index is 12.4. The van der Waals surface area contributed by atoms with E-state index in [0.717, 1.165) is 25.7 Å². The molecule has 2 unspecified atom stereocenters. The van der Waals surface area contributed by atoms with Crippen molar-refractivity contribution in [3.8, 4) is 0 Å². The number of unbranched alkanes of at least 4 members (excludes halogenated alkanes) is 44. The number of aliphatic hydroxyl groups excluding tert-OH is 2. The largest absolute Gasteiger partial charge is 0.394 e. The van der Waals surface area contributed by atoms with Crippen molar-refractivity contribution in [3.05, 3.63) is 24.3 Å². The van der Waals surface area contributed by atoms with Crippen molar-refractivity contribution in [1.29, 1.82) is 0 Å². The Hall–Kier alpha value is -1.13. The third-order valence-corrected chi connectivity index (χ3v) is 13.4. The Kier molecular flexibility index (Phi) is 53.2. The van der Waals surface area contributed by atoms with Crippen LogP contribution in [0.2, 0.25) is 0 Å². The van der Waals surface area contributed by atoms with Crippen molar-refractivity contribution in [2.24, 2.45) is 0 Å². The molecule has 4 nitrogen and oxygen atoms in total. The fraction of sp³-hybridized carbons (Fsp3) is 0.914. The van der Waals surface area contributed by atoms with E-state index in [9.17, 15) is 15.0 Å². The predicted molar refractivity (Wildman–Crippen MR) is 276 cm³/mol. The second-order valence-electron chi connectivity index (χ2n) is 19.7. The Balaban J connectivity index is 3.39. The van der Waals surface area contributed by atoms with E-state index < -0.39 is 12.1 Å². The van der Waals surface area contributed by atoms with E-state index in [1.165, 1.54) is 276 Å². The van der Waals surface area contributed by atoms with Gasteiger partial charge in [-0.1, -0.05) is 295 Å². The average Bonchev–Trinajstić information content (AvgIpc) is 3.28. The van der Waals surface area contributed by atoms with Crippen molar-refractivity contribution >= 4 is 5.91 Å². The van der Waals surface area contributed by atoms with Crippen LogP contribution in [0, 0.1) is 0 Å². The van der Waals surface area contributed by atoms with Crippen molar-refractivity contribution in [1.82, 2.24) is 5.32 Å². The third-order valence-electron chi connectivity index (χ3n) is 13.4. The zero-order valence-corrected chi connectivity index (χ0v) is 42.4. The van der Waals surface area contributed by atoms with Gasteiger partial charge in [0.15, 0.2) is 0 Å². The van der Waals surface area contributed by atoms with Gasteiger partial charge < -0.3 is 15.5 Å². The van der Waals surface area contributed by atoms with Crippen LogP contribution in [0.4, 0.5) is 0 Å². The summed E-state index contributed by atoms with van der Waals surface area (Å²) in [6.45, 7) is 4.33. The van der Waals surface area contributed by atoms with Gasteiger partial charge in [0, 0.05) is 6.42 Å². The molecule has 0 spiro atoms. The minimum absolute atomic E-state index is 0.0578. The first kappa shape index (κ1) is 60.9. The van der Waals surface area contributed by atoms with Gasteiger partial charge in [-0.15, -0.1) is 0 Å².